The summed E-state index contributed by atoms with van der Waals surface area (Å²) in [5.74, 6) is -1.88. The molecule has 1 aromatic carbocycles. The number of primary amides is 1. The van der Waals surface area contributed by atoms with Gasteiger partial charge in [0.2, 0.25) is 5.88 Å². The third-order valence-electron chi connectivity index (χ3n) is 5.58. The van der Waals surface area contributed by atoms with E-state index in [2.05, 4.69) is 22.2 Å². The van der Waals surface area contributed by atoms with E-state index in [-0.39, 0.29) is 29.1 Å². The number of ether oxygens (including phenoxy) is 1. The standard InChI is InChI=1S/C22H23N5O4S/c1-12-3-5-17(13-4-6-18-16(7-13)25-11-32-18)27(10-12)22(30)20(29)26-14-8-15(19(23)28)21(31-2)24-9-14/h4,6-9,11-12,17H,3,5,10H2,1-2H3,(H2,23,28)(H,26,29)/t12-,17+/m1/s1. The first kappa shape index (κ1) is 21.7. The van der Waals surface area contributed by atoms with Crippen LogP contribution in [-0.4, -0.2) is 46.2 Å². The van der Waals surface area contributed by atoms with E-state index in [0.29, 0.717) is 6.54 Å². The number of anilines is 1. The summed E-state index contributed by atoms with van der Waals surface area (Å²) in [5, 5.41) is 2.53. The van der Waals surface area contributed by atoms with Gasteiger partial charge in [0.15, 0.2) is 0 Å². The van der Waals surface area contributed by atoms with Gasteiger partial charge in [0.05, 0.1) is 40.8 Å². The van der Waals surface area contributed by atoms with Gasteiger partial charge in [-0.3, -0.25) is 14.4 Å². The van der Waals surface area contributed by atoms with Crippen LogP contribution in [0.2, 0.25) is 0 Å². The highest BCUT2D eigenvalue weighted by Gasteiger charge is 2.34. The maximum atomic E-state index is 13.2. The Labute approximate surface area is 188 Å². The Hall–Kier alpha value is -3.53. The average molecular weight is 454 g/mol. The van der Waals surface area contributed by atoms with Gasteiger partial charge < -0.3 is 20.7 Å². The number of amides is 3. The number of carbonyl (C=O) groups excluding carboxylic acids is 3. The number of nitrogens with zero attached hydrogens (tertiary/aromatic N) is 3. The van der Waals surface area contributed by atoms with Crippen molar-refractivity contribution in [2.45, 2.75) is 25.8 Å². The van der Waals surface area contributed by atoms with E-state index in [9.17, 15) is 14.4 Å². The van der Waals surface area contributed by atoms with Crippen molar-refractivity contribution in [3.63, 3.8) is 0 Å². The Morgan fingerprint density at radius 3 is 2.78 bits per heavy atom. The van der Waals surface area contributed by atoms with Gasteiger partial charge in [0.25, 0.3) is 5.91 Å². The quantitative estimate of drug-likeness (QED) is 0.585. The third kappa shape index (κ3) is 4.26. The van der Waals surface area contributed by atoms with Crippen molar-refractivity contribution in [1.82, 2.24) is 14.9 Å². The highest BCUT2D eigenvalue weighted by molar-refractivity contribution is 7.16. The molecule has 166 valence electrons. The third-order valence-corrected chi connectivity index (χ3v) is 6.39. The zero-order valence-corrected chi connectivity index (χ0v) is 18.5. The van der Waals surface area contributed by atoms with Crippen LogP contribution in [0.1, 0.15) is 41.7 Å². The molecule has 9 nitrogen and oxygen atoms in total. The van der Waals surface area contributed by atoms with Crippen molar-refractivity contribution in [2.24, 2.45) is 11.7 Å². The number of piperidine rings is 1. The van der Waals surface area contributed by atoms with E-state index in [4.69, 9.17) is 10.5 Å². The largest absolute Gasteiger partial charge is 0.480 e. The number of aromatic nitrogens is 2. The molecule has 0 saturated carbocycles. The molecule has 2 atom stereocenters. The average Bonchev–Trinajstić information content (AvgIpc) is 3.26. The van der Waals surface area contributed by atoms with Crippen molar-refractivity contribution in [2.75, 3.05) is 19.0 Å². The van der Waals surface area contributed by atoms with Gasteiger partial charge in [-0.25, -0.2) is 9.97 Å². The fraction of sp³-hybridized carbons (Fsp3) is 0.318. The molecule has 4 rings (SSSR count). The number of fused-ring (bicyclic) bond motifs is 1. The number of benzene rings is 1. The van der Waals surface area contributed by atoms with Crippen LogP contribution in [-0.2, 0) is 9.59 Å². The van der Waals surface area contributed by atoms with Crippen LogP contribution in [0.4, 0.5) is 5.69 Å². The lowest BCUT2D eigenvalue weighted by molar-refractivity contribution is -0.146. The molecular formula is C22H23N5O4S. The minimum atomic E-state index is -0.804. The SMILES string of the molecule is COc1ncc(NC(=O)C(=O)N2C[C@H](C)CC[C@H]2c2ccc3scnc3c2)cc1C(N)=O. The maximum absolute atomic E-state index is 13.2. The zero-order chi connectivity index (χ0) is 22.8. The Kier molecular flexibility index (Phi) is 6.04. The van der Waals surface area contributed by atoms with E-state index in [0.717, 1.165) is 28.6 Å². The van der Waals surface area contributed by atoms with Crippen LogP contribution >= 0.6 is 11.3 Å². The fourth-order valence-electron chi connectivity index (χ4n) is 3.98. The lowest BCUT2D eigenvalue weighted by Gasteiger charge is -2.38. The van der Waals surface area contributed by atoms with Gasteiger partial charge in [-0.05, 0) is 42.5 Å². The van der Waals surface area contributed by atoms with Gasteiger partial charge in [-0.2, -0.15) is 0 Å². The molecule has 3 amide bonds. The lowest BCUT2D eigenvalue weighted by atomic mass is 9.89. The topological polar surface area (TPSA) is 128 Å². The van der Waals surface area contributed by atoms with Crippen molar-refractivity contribution >= 4 is 45.0 Å². The number of thiazole rings is 1. The van der Waals surface area contributed by atoms with Crippen LogP contribution in [0.15, 0.2) is 36.0 Å². The van der Waals surface area contributed by atoms with Crippen molar-refractivity contribution < 1.29 is 19.1 Å². The highest BCUT2D eigenvalue weighted by atomic mass is 32.1. The molecule has 1 aliphatic rings. The van der Waals surface area contributed by atoms with E-state index >= 15 is 0 Å². The molecule has 1 fully saturated rings. The second-order valence-electron chi connectivity index (χ2n) is 7.83. The zero-order valence-electron chi connectivity index (χ0n) is 17.7. The minimum Gasteiger partial charge on any atom is -0.480 e. The number of methoxy groups -OCH3 is 1. The van der Waals surface area contributed by atoms with Crippen LogP contribution in [0.3, 0.4) is 0 Å². The second-order valence-corrected chi connectivity index (χ2v) is 8.72. The van der Waals surface area contributed by atoms with E-state index in [1.165, 1.54) is 19.4 Å². The Morgan fingerprint density at radius 2 is 2.03 bits per heavy atom. The molecule has 0 spiro atoms. The number of hydrogen-bond donors (Lipinski definition) is 2. The normalized spacial score (nSPS) is 18.4. The van der Waals surface area contributed by atoms with Gasteiger partial charge in [-0.15, -0.1) is 11.3 Å². The summed E-state index contributed by atoms with van der Waals surface area (Å²) >= 11 is 1.56. The molecule has 3 heterocycles. The molecule has 32 heavy (non-hydrogen) atoms. The van der Waals surface area contributed by atoms with Gasteiger partial charge >= 0.3 is 11.8 Å². The van der Waals surface area contributed by atoms with Crippen LogP contribution in [0, 0.1) is 5.92 Å². The molecule has 0 radical (unpaired) electrons. The van der Waals surface area contributed by atoms with Crippen molar-refractivity contribution in [3.8, 4) is 5.88 Å². The first-order valence-electron chi connectivity index (χ1n) is 10.2. The predicted molar refractivity (Wildman–Crippen MR) is 120 cm³/mol. The van der Waals surface area contributed by atoms with Gasteiger partial charge in [0, 0.05) is 6.54 Å². The number of likely N-dealkylation sites (tertiary alicyclic amines) is 1. The first-order chi connectivity index (χ1) is 15.4. The molecule has 3 N–H and O–H groups in total. The van der Waals surface area contributed by atoms with Crippen molar-refractivity contribution in [1.29, 1.82) is 0 Å². The van der Waals surface area contributed by atoms with Crippen LogP contribution in [0.5, 0.6) is 5.88 Å². The monoisotopic (exact) mass is 453 g/mol. The number of rotatable bonds is 4. The second kappa shape index (κ2) is 8.91. The summed E-state index contributed by atoms with van der Waals surface area (Å²) < 4.78 is 6.08. The molecule has 0 bridgehead atoms. The number of nitrogens with two attached hydrogens (primary N) is 1. The van der Waals surface area contributed by atoms with E-state index < -0.39 is 17.7 Å². The lowest BCUT2D eigenvalue weighted by Crippen LogP contribution is -2.46. The first-order valence-corrected chi connectivity index (χ1v) is 11.0. The van der Waals surface area contributed by atoms with E-state index in [1.54, 1.807) is 21.7 Å². The maximum Gasteiger partial charge on any atom is 0.313 e. The number of carbonyl (C=O) groups is 3. The summed E-state index contributed by atoms with van der Waals surface area (Å²) in [4.78, 5) is 47.5. The number of pyridine rings is 1. The summed E-state index contributed by atoms with van der Waals surface area (Å²) in [6.07, 6.45) is 3.02. The Bertz CT molecular complexity index is 1190. The van der Waals surface area contributed by atoms with Gasteiger partial charge in [0.1, 0.15) is 5.56 Å². The van der Waals surface area contributed by atoms with Crippen molar-refractivity contribution in [3.05, 3.63) is 47.1 Å². The molecule has 10 heteroatoms. The smallest absolute Gasteiger partial charge is 0.313 e. The predicted octanol–water partition coefficient (Wildman–Crippen LogP) is 2.74. The molecule has 3 aromatic rings. The van der Waals surface area contributed by atoms with Gasteiger partial charge in [-0.1, -0.05) is 13.0 Å². The molecule has 0 unspecified atom stereocenters. The Balaban J connectivity index is 1.57. The Morgan fingerprint density at radius 1 is 1.22 bits per heavy atom. The number of hydrogen-bond acceptors (Lipinski definition) is 7. The molecule has 1 aliphatic heterocycles. The molecule has 2 aromatic heterocycles. The summed E-state index contributed by atoms with van der Waals surface area (Å²) in [7, 11) is 1.36. The summed E-state index contributed by atoms with van der Waals surface area (Å²) in [5.41, 5.74) is 9.17. The minimum absolute atomic E-state index is 0.0128. The van der Waals surface area contributed by atoms with Crippen LogP contribution < -0.4 is 15.8 Å². The fourth-order valence-corrected chi connectivity index (χ4v) is 4.64. The molecule has 1 saturated heterocycles. The summed E-state index contributed by atoms with van der Waals surface area (Å²) in [6, 6.07) is 7.09. The number of nitrogens with one attached hydrogen (secondary N) is 1. The molecular weight excluding hydrogens is 430 g/mol. The molecule has 0 aliphatic carbocycles. The van der Waals surface area contributed by atoms with Crippen LogP contribution in [0.25, 0.3) is 10.2 Å². The highest BCUT2D eigenvalue weighted by Crippen LogP contribution is 2.35. The van der Waals surface area contributed by atoms with E-state index in [1.807, 2.05) is 18.2 Å². The summed E-state index contributed by atoms with van der Waals surface area (Å²) in [6.45, 7) is 2.53.